The van der Waals surface area contributed by atoms with Crippen molar-refractivity contribution in [1.82, 2.24) is 24.1 Å². The minimum absolute atomic E-state index is 0.0186. The molecule has 0 N–H and O–H groups in total. The molecule has 5 heterocycles. The molecule has 1 atom stereocenters. The standard InChI is InChI=1S/C22H21N5O5S2/c1-12-19-16(21(29)32-10-14-8-18(28)26-5-6-33-22(26)23-14)9-17(13-2-3-13)24-20(19)27(25-12)15-4-7-34(30,31)11-15/h5-6,8-9,13,15H,2-4,7,10-11H2,1H3/t15-/m1/s1. The lowest BCUT2D eigenvalue weighted by atomic mass is 10.1. The fraction of sp³-hybridized carbons (Fsp3) is 0.409. The molecule has 12 heteroatoms. The third-order valence-corrected chi connectivity index (χ3v) is 8.84. The Bertz CT molecular complexity index is 1630. The van der Waals surface area contributed by atoms with E-state index in [1.54, 1.807) is 29.2 Å². The molecule has 1 saturated heterocycles. The molecule has 1 aliphatic carbocycles. The summed E-state index contributed by atoms with van der Waals surface area (Å²) in [5.74, 6) is -0.138. The van der Waals surface area contributed by atoms with Crippen molar-refractivity contribution >= 4 is 43.1 Å². The lowest BCUT2D eigenvalue weighted by Gasteiger charge is -2.12. The SMILES string of the molecule is Cc1nn([C@@H]2CCS(=O)(=O)C2)c2nc(C3CC3)cc(C(=O)OCc3cc(=O)n4ccsc4n3)c12. The maximum Gasteiger partial charge on any atom is 0.339 e. The van der Waals surface area contributed by atoms with Crippen LogP contribution < -0.4 is 5.56 Å². The number of carbonyl (C=O) groups is 1. The summed E-state index contributed by atoms with van der Waals surface area (Å²) in [6.45, 7) is 1.64. The summed E-state index contributed by atoms with van der Waals surface area (Å²) >= 11 is 1.33. The first-order valence-electron chi connectivity index (χ1n) is 11.0. The van der Waals surface area contributed by atoms with Crippen molar-refractivity contribution in [3.8, 4) is 0 Å². The van der Waals surface area contributed by atoms with Crippen LogP contribution >= 0.6 is 11.3 Å². The van der Waals surface area contributed by atoms with Gasteiger partial charge in [0.25, 0.3) is 5.56 Å². The molecule has 0 unspecified atom stereocenters. The molecule has 0 spiro atoms. The normalized spacial score (nSPS) is 19.7. The van der Waals surface area contributed by atoms with Crippen LogP contribution in [0.2, 0.25) is 0 Å². The first kappa shape index (κ1) is 21.4. The summed E-state index contributed by atoms with van der Waals surface area (Å²) in [6.07, 6.45) is 4.10. The van der Waals surface area contributed by atoms with Crippen LogP contribution in [-0.4, -0.2) is 50.0 Å². The Morgan fingerprint density at radius 1 is 1.24 bits per heavy atom. The predicted octanol–water partition coefficient (Wildman–Crippen LogP) is 2.40. The second-order valence-electron chi connectivity index (χ2n) is 8.87. The van der Waals surface area contributed by atoms with Crippen LogP contribution in [0.4, 0.5) is 0 Å². The van der Waals surface area contributed by atoms with E-state index in [0.717, 1.165) is 18.5 Å². The Hall–Kier alpha value is -3.12. The molecule has 0 amide bonds. The second kappa shape index (κ2) is 7.70. The molecule has 0 aromatic carbocycles. The van der Waals surface area contributed by atoms with E-state index in [1.165, 1.54) is 21.8 Å². The minimum atomic E-state index is -3.11. The maximum absolute atomic E-state index is 13.2. The van der Waals surface area contributed by atoms with Crippen molar-refractivity contribution in [3.05, 3.63) is 56.7 Å². The molecule has 1 saturated carbocycles. The number of rotatable bonds is 5. The first-order valence-corrected chi connectivity index (χ1v) is 13.7. The van der Waals surface area contributed by atoms with Gasteiger partial charge >= 0.3 is 5.97 Å². The average Bonchev–Trinajstić information content (AvgIpc) is 3.29. The molecule has 10 nitrogen and oxygen atoms in total. The fourth-order valence-corrected chi connectivity index (χ4v) is 6.91. The van der Waals surface area contributed by atoms with Crippen molar-refractivity contribution in [2.45, 2.75) is 44.8 Å². The van der Waals surface area contributed by atoms with Crippen LogP contribution in [0.1, 0.15) is 58.7 Å². The zero-order chi connectivity index (χ0) is 23.6. The Morgan fingerprint density at radius 3 is 2.79 bits per heavy atom. The molecule has 34 heavy (non-hydrogen) atoms. The Kier molecular flexibility index (Phi) is 4.85. The first-order chi connectivity index (χ1) is 16.3. The lowest BCUT2D eigenvalue weighted by Crippen LogP contribution is -2.15. The third-order valence-electron chi connectivity index (χ3n) is 6.33. The van der Waals surface area contributed by atoms with E-state index in [1.807, 2.05) is 0 Å². The van der Waals surface area contributed by atoms with E-state index in [0.29, 0.717) is 39.4 Å². The summed E-state index contributed by atoms with van der Waals surface area (Å²) in [5, 5.41) is 6.92. The number of fused-ring (bicyclic) bond motifs is 2. The fourth-order valence-electron chi connectivity index (χ4n) is 4.48. The van der Waals surface area contributed by atoms with Crippen LogP contribution in [0, 0.1) is 6.92 Å². The average molecular weight is 500 g/mol. The molecule has 176 valence electrons. The predicted molar refractivity (Wildman–Crippen MR) is 125 cm³/mol. The van der Waals surface area contributed by atoms with Gasteiger partial charge in [0.15, 0.2) is 20.4 Å². The highest BCUT2D eigenvalue weighted by atomic mass is 32.2. The molecule has 6 rings (SSSR count). The number of carbonyl (C=O) groups excluding carboxylic acids is 1. The second-order valence-corrected chi connectivity index (χ2v) is 12.0. The van der Waals surface area contributed by atoms with Gasteiger partial charge in [-0.05, 0) is 32.3 Å². The van der Waals surface area contributed by atoms with Crippen LogP contribution in [0.25, 0.3) is 16.0 Å². The van der Waals surface area contributed by atoms with Gasteiger partial charge in [-0.15, -0.1) is 11.3 Å². The molecule has 4 aromatic rings. The Labute approximate surface area is 198 Å². The van der Waals surface area contributed by atoms with E-state index >= 15 is 0 Å². The zero-order valence-electron chi connectivity index (χ0n) is 18.3. The Balaban J connectivity index is 1.37. The Morgan fingerprint density at radius 2 is 2.06 bits per heavy atom. The van der Waals surface area contributed by atoms with Gasteiger partial charge in [0.2, 0.25) is 0 Å². The number of aromatic nitrogens is 5. The van der Waals surface area contributed by atoms with E-state index in [2.05, 4.69) is 10.1 Å². The van der Waals surface area contributed by atoms with Gasteiger partial charge in [0.05, 0.1) is 39.9 Å². The van der Waals surface area contributed by atoms with Gasteiger partial charge < -0.3 is 4.74 Å². The maximum atomic E-state index is 13.2. The smallest absolute Gasteiger partial charge is 0.339 e. The van der Waals surface area contributed by atoms with Gasteiger partial charge in [-0.25, -0.2) is 27.9 Å². The lowest BCUT2D eigenvalue weighted by molar-refractivity contribution is 0.0470. The highest BCUT2D eigenvalue weighted by molar-refractivity contribution is 7.91. The van der Waals surface area contributed by atoms with Crippen molar-refractivity contribution in [2.24, 2.45) is 0 Å². The quantitative estimate of drug-likeness (QED) is 0.383. The summed E-state index contributed by atoms with van der Waals surface area (Å²) < 4.78 is 32.8. The molecular weight excluding hydrogens is 478 g/mol. The number of hydrogen-bond donors (Lipinski definition) is 0. The van der Waals surface area contributed by atoms with E-state index < -0.39 is 15.8 Å². The van der Waals surface area contributed by atoms with E-state index in [4.69, 9.17) is 9.72 Å². The third kappa shape index (κ3) is 3.70. The number of hydrogen-bond acceptors (Lipinski definition) is 9. The van der Waals surface area contributed by atoms with Gasteiger partial charge in [0.1, 0.15) is 6.61 Å². The topological polar surface area (TPSA) is 126 Å². The number of sulfone groups is 1. The number of esters is 1. The number of aryl methyl sites for hydroxylation is 1. The molecule has 1 aliphatic heterocycles. The van der Waals surface area contributed by atoms with Crippen molar-refractivity contribution in [3.63, 3.8) is 0 Å². The van der Waals surface area contributed by atoms with Crippen molar-refractivity contribution in [2.75, 3.05) is 11.5 Å². The van der Waals surface area contributed by atoms with Crippen LogP contribution in [-0.2, 0) is 21.2 Å². The molecule has 0 bridgehead atoms. The summed E-state index contributed by atoms with van der Waals surface area (Å²) in [6, 6.07) is 2.81. The van der Waals surface area contributed by atoms with Crippen LogP contribution in [0.5, 0.6) is 0 Å². The van der Waals surface area contributed by atoms with Crippen molar-refractivity contribution < 1.29 is 17.9 Å². The summed E-state index contributed by atoms with van der Waals surface area (Å²) in [5.41, 5.74) is 2.40. The van der Waals surface area contributed by atoms with E-state index in [9.17, 15) is 18.0 Å². The number of ether oxygens (including phenoxy) is 1. The van der Waals surface area contributed by atoms with Crippen LogP contribution in [0.15, 0.2) is 28.5 Å². The summed E-state index contributed by atoms with van der Waals surface area (Å²) in [7, 11) is -3.11. The highest BCUT2D eigenvalue weighted by Gasteiger charge is 2.34. The number of nitrogens with zero attached hydrogens (tertiary/aromatic N) is 5. The number of thiazole rings is 1. The van der Waals surface area contributed by atoms with Gasteiger partial charge in [-0.3, -0.25) is 9.20 Å². The molecule has 4 aromatic heterocycles. The van der Waals surface area contributed by atoms with Crippen molar-refractivity contribution in [1.29, 1.82) is 0 Å². The van der Waals surface area contributed by atoms with E-state index in [-0.39, 0.29) is 35.6 Å². The highest BCUT2D eigenvalue weighted by Crippen LogP contribution is 2.41. The minimum Gasteiger partial charge on any atom is -0.456 e. The van der Waals surface area contributed by atoms with Gasteiger partial charge in [-0.2, -0.15) is 5.10 Å². The molecule has 2 aliphatic rings. The monoisotopic (exact) mass is 499 g/mol. The molecular formula is C22H21N5O5S2. The van der Waals surface area contributed by atoms with Crippen LogP contribution in [0.3, 0.4) is 0 Å². The van der Waals surface area contributed by atoms with Gasteiger partial charge in [0, 0.05) is 29.3 Å². The molecule has 2 fully saturated rings. The zero-order valence-corrected chi connectivity index (χ0v) is 19.9. The largest absolute Gasteiger partial charge is 0.456 e. The number of pyridine rings is 1. The van der Waals surface area contributed by atoms with Gasteiger partial charge in [-0.1, -0.05) is 0 Å². The molecule has 0 radical (unpaired) electrons. The summed E-state index contributed by atoms with van der Waals surface area (Å²) in [4.78, 5) is 35.2.